The molecule has 0 atom stereocenters. The van der Waals surface area contributed by atoms with Crippen LogP contribution >= 0.6 is 0 Å². The molecule has 3 nitrogen and oxygen atoms in total. The molecule has 0 radical (unpaired) electrons. The van der Waals surface area contributed by atoms with Crippen molar-refractivity contribution in [2.24, 2.45) is 0 Å². The zero-order valence-corrected chi connectivity index (χ0v) is 11.1. The van der Waals surface area contributed by atoms with Crippen molar-refractivity contribution in [1.29, 1.82) is 5.26 Å². The van der Waals surface area contributed by atoms with Gasteiger partial charge in [0.15, 0.2) is 0 Å². The Morgan fingerprint density at radius 3 is 2.53 bits per heavy atom. The first-order chi connectivity index (χ1) is 9.22. The molecule has 0 aromatic heterocycles. The van der Waals surface area contributed by atoms with Crippen LogP contribution in [0.4, 0.5) is 5.69 Å². The normalized spacial score (nSPS) is 9.74. The number of rotatable bonds is 4. The highest BCUT2D eigenvalue weighted by Crippen LogP contribution is 2.18. The number of nitriles is 1. The van der Waals surface area contributed by atoms with Gasteiger partial charge in [-0.05, 0) is 35.9 Å². The van der Waals surface area contributed by atoms with Gasteiger partial charge in [0.25, 0.3) is 0 Å². The summed E-state index contributed by atoms with van der Waals surface area (Å²) in [6.45, 7) is 0.791. The fraction of sp³-hybridized carbons (Fsp3) is 0.188. The molecule has 0 aliphatic heterocycles. The number of hydrogen-bond acceptors (Lipinski definition) is 3. The molecule has 0 heterocycles. The molecule has 0 unspecified atom stereocenters. The fourth-order valence-corrected chi connectivity index (χ4v) is 1.91. The van der Waals surface area contributed by atoms with E-state index in [0.29, 0.717) is 5.56 Å². The number of anilines is 1. The molecule has 2 aromatic carbocycles. The maximum Gasteiger partial charge on any atom is 0.118 e. The van der Waals surface area contributed by atoms with Gasteiger partial charge < -0.3 is 9.64 Å². The summed E-state index contributed by atoms with van der Waals surface area (Å²) in [6, 6.07) is 17.8. The highest BCUT2D eigenvalue weighted by molar-refractivity contribution is 5.51. The Balaban J connectivity index is 2.11. The van der Waals surface area contributed by atoms with Gasteiger partial charge in [-0.3, -0.25) is 0 Å². The maximum absolute atomic E-state index is 8.91. The van der Waals surface area contributed by atoms with Crippen molar-refractivity contribution in [3.63, 3.8) is 0 Å². The van der Waals surface area contributed by atoms with E-state index in [1.807, 2.05) is 55.6 Å². The summed E-state index contributed by atoms with van der Waals surface area (Å²) < 4.78 is 5.14. The number of methoxy groups -OCH3 is 1. The Morgan fingerprint density at radius 2 is 1.89 bits per heavy atom. The zero-order valence-electron chi connectivity index (χ0n) is 11.1. The standard InChI is InChI=1S/C16H16N2O/c1-18(15-5-3-4-14(10-15)11-17)12-13-6-8-16(19-2)9-7-13/h3-10H,12H2,1-2H3. The van der Waals surface area contributed by atoms with Gasteiger partial charge in [0.2, 0.25) is 0 Å². The summed E-state index contributed by atoms with van der Waals surface area (Å²) in [5.41, 5.74) is 2.92. The van der Waals surface area contributed by atoms with Gasteiger partial charge in [-0.2, -0.15) is 5.26 Å². The van der Waals surface area contributed by atoms with Crippen molar-refractivity contribution in [1.82, 2.24) is 0 Å². The van der Waals surface area contributed by atoms with Crippen LogP contribution < -0.4 is 9.64 Å². The molecule has 0 aliphatic rings. The minimum absolute atomic E-state index is 0.680. The molecular weight excluding hydrogens is 236 g/mol. The number of hydrogen-bond donors (Lipinski definition) is 0. The molecule has 0 fully saturated rings. The smallest absolute Gasteiger partial charge is 0.118 e. The van der Waals surface area contributed by atoms with E-state index in [1.54, 1.807) is 7.11 Å². The molecule has 0 bridgehead atoms. The molecule has 0 aliphatic carbocycles. The second-order valence-electron chi connectivity index (χ2n) is 4.37. The summed E-state index contributed by atoms with van der Waals surface area (Å²) in [7, 11) is 3.68. The van der Waals surface area contributed by atoms with E-state index in [4.69, 9.17) is 10.00 Å². The Kier molecular flexibility index (Phi) is 4.04. The molecule has 2 aromatic rings. The Bertz CT molecular complexity index is 584. The monoisotopic (exact) mass is 252 g/mol. The van der Waals surface area contributed by atoms with Crippen LogP contribution in [-0.4, -0.2) is 14.2 Å². The summed E-state index contributed by atoms with van der Waals surface area (Å²) in [6.07, 6.45) is 0. The molecule has 0 amide bonds. The van der Waals surface area contributed by atoms with Crippen molar-refractivity contribution in [3.05, 3.63) is 59.7 Å². The molecule has 0 saturated carbocycles. The van der Waals surface area contributed by atoms with Gasteiger partial charge in [0, 0.05) is 19.3 Å². The Hall–Kier alpha value is -2.47. The average molecular weight is 252 g/mol. The van der Waals surface area contributed by atoms with E-state index in [0.717, 1.165) is 18.0 Å². The van der Waals surface area contributed by atoms with Crippen molar-refractivity contribution in [2.75, 3.05) is 19.1 Å². The number of benzene rings is 2. The van der Waals surface area contributed by atoms with Crippen LogP contribution in [0.1, 0.15) is 11.1 Å². The second-order valence-corrected chi connectivity index (χ2v) is 4.37. The highest BCUT2D eigenvalue weighted by atomic mass is 16.5. The zero-order chi connectivity index (χ0) is 13.7. The molecular formula is C16H16N2O. The predicted octanol–water partition coefficient (Wildman–Crippen LogP) is 3.20. The summed E-state index contributed by atoms with van der Waals surface area (Å²) >= 11 is 0. The lowest BCUT2D eigenvalue weighted by atomic mass is 10.1. The van der Waals surface area contributed by atoms with Crippen molar-refractivity contribution < 1.29 is 4.74 Å². The summed E-state index contributed by atoms with van der Waals surface area (Å²) in [5, 5.41) is 8.91. The largest absolute Gasteiger partial charge is 0.497 e. The SMILES string of the molecule is COc1ccc(CN(C)c2cccc(C#N)c2)cc1. The Labute approximate surface area is 113 Å². The van der Waals surface area contributed by atoms with E-state index in [2.05, 4.69) is 11.0 Å². The van der Waals surface area contributed by atoms with Crippen molar-refractivity contribution in [2.45, 2.75) is 6.54 Å². The third-order valence-electron chi connectivity index (χ3n) is 2.99. The van der Waals surface area contributed by atoms with Gasteiger partial charge in [0.1, 0.15) is 5.75 Å². The molecule has 0 N–H and O–H groups in total. The molecule has 19 heavy (non-hydrogen) atoms. The van der Waals surface area contributed by atoms with Gasteiger partial charge >= 0.3 is 0 Å². The van der Waals surface area contributed by atoms with E-state index < -0.39 is 0 Å². The molecule has 2 rings (SSSR count). The van der Waals surface area contributed by atoms with E-state index >= 15 is 0 Å². The quantitative estimate of drug-likeness (QED) is 0.838. The predicted molar refractivity (Wildman–Crippen MR) is 76.3 cm³/mol. The summed E-state index contributed by atoms with van der Waals surface area (Å²) in [4.78, 5) is 2.11. The first-order valence-corrected chi connectivity index (χ1v) is 6.07. The molecule has 0 saturated heterocycles. The first-order valence-electron chi connectivity index (χ1n) is 6.07. The van der Waals surface area contributed by atoms with Gasteiger partial charge in [-0.15, -0.1) is 0 Å². The topological polar surface area (TPSA) is 36.3 Å². The lowest BCUT2D eigenvalue weighted by Gasteiger charge is -2.19. The summed E-state index contributed by atoms with van der Waals surface area (Å²) in [5.74, 6) is 0.859. The first kappa shape index (κ1) is 13.0. The number of nitrogens with zero attached hydrogens (tertiary/aromatic N) is 2. The van der Waals surface area contributed by atoms with Gasteiger partial charge in [-0.1, -0.05) is 18.2 Å². The molecule has 3 heteroatoms. The second kappa shape index (κ2) is 5.92. The lowest BCUT2D eigenvalue weighted by Crippen LogP contribution is -2.16. The number of ether oxygens (including phenoxy) is 1. The van der Waals surface area contributed by atoms with Crippen LogP contribution in [0.3, 0.4) is 0 Å². The van der Waals surface area contributed by atoms with E-state index in [-0.39, 0.29) is 0 Å². The van der Waals surface area contributed by atoms with Gasteiger partial charge in [0.05, 0.1) is 18.7 Å². The molecule has 0 spiro atoms. The van der Waals surface area contributed by atoms with Crippen LogP contribution in [0, 0.1) is 11.3 Å². The van der Waals surface area contributed by atoms with Crippen molar-refractivity contribution in [3.8, 4) is 11.8 Å². The van der Waals surface area contributed by atoms with Crippen LogP contribution in [0.25, 0.3) is 0 Å². The lowest BCUT2D eigenvalue weighted by molar-refractivity contribution is 0.414. The average Bonchev–Trinajstić information content (AvgIpc) is 2.48. The third kappa shape index (κ3) is 3.26. The van der Waals surface area contributed by atoms with Crippen LogP contribution in [0.2, 0.25) is 0 Å². The van der Waals surface area contributed by atoms with Gasteiger partial charge in [-0.25, -0.2) is 0 Å². The Morgan fingerprint density at radius 1 is 1.16 bits per heavy atom. The van der Waals surface area contributed by atoms with Crippen molar-refractivity contribution >= 4 is 5.69 Å². The minimum atomic E-state index is 0.680. The van der Waals surface area contributed by atoms with Crippen LogP contribution in [0.5, 0.6) is 5.75 Å². The van der Waals surface area contributed by atoms with Crippen LogP contribution in [0.15, 0.2) is 48.5 Å². The highest BCUT2D eigenvalue weighted by Gasteiger charge is 2.03. The van der Waals surface area contributed by atoms with E-state index in [1.165, 1.54) is 5.56 Å². The van der Waals surface area contributed by atoms with E-state index in [9.17, 15) is 0 Å². The fourth-order valence-electron chi connectivity index (χ4n) is 1.91. The molecule has 96 valence electrons. The minimum Gasteiger partial charge on any atom is -0.497 e. The van der Waals surface area contributed by atoms with Crippen LogP contribution in [-0.2, 0) is 6.54 Å². The third-order valence-corrected chi connectivity index (χ3v) is 2.99. The maximum atomic E-state index is 8.91.